The van der Waals surface area contributed by atoms with Crippen LogP contribution in [0.25, 0.3) is 39.7 Å². The van der Waals surface area contributed by atoms with Crippen molar-refractivity contribution in [1.29, 1.82) is 0 Å². The number of rotatable bonds is 7. The fourth-order valence-corrected chi connectivity index (χ4v) is 12.8. The average molecular weight is 729 g/mol. The molecule has 0 bridgehead atoms. The van der Waals surface area contributed by atoms with Crippen LogP contribution in [0, 0.1) is 19.8 Å². The second-order valence-corrected chi connectivity index (χ2v) is 20.7. The molecule has 7 heterocycles. The van der Waals surface area contributed by atoms with Gasteiger partial charge in [-0.25, -0.2) is 0 Å². The number of thiophene rings is 5. The van der Waals surface area contributed by atoms with Gasteiger partial charge in [-0.2, -0.15) is 0 Å². The van der Waals surface area contributed by atoms with Gasteiger partial charge in [0, 0.05) is 58.9 Å². The quantitative estimate of drug-likeness (QED) is 0.156. The third-order valence-corrected chi connectivity index (χ3v) is 17.1. The largest absolute Gasteiger partial charge is 0.490 e. The fraction of sp³-hybridized carbons (Fsp3) is 0.316. The van der Waals surface area contributed by atoms with Crippen molar-refractivity contribution in [2.24, 2.45) is 5.92 Å². The molecule has 0 spiro atoms. The summed E-state index contributed by atoms with van der Waals surface area (Å²) in [7, 11) is -0.326. The molecule has 5 aromatic heterocycles. The van der Waals surface area contributed by atoms with Gasteiger partial charge >= 0.3 is 7.12 Å². The zero-order valence-corrected chi connectivity index (χ0v) is 32.3. The lowest BCUT2D eigenvalue weighted by molar-refractivity contribution is 0.00578. The summed E-state index contributed by atoms with van der Waals surface area (Å²) in [5.41, 5.74) is 1.83. The highest BCUT2D eigenvalue weighted by Gasteiger charge is 2.53. The Morgan fingerprint density at radius 1 is 0.617 bits per heavy atom. The first-order valence-electron chi connectivity index (χ1n) is 16.1. The van der Waals surface area contributed by atoms with Crippen LogP contribution >= 0.6 is 68.4 Å². The van der Waals surface area contributed by atoms with Crippen molar-refractivity contribution in [1.82, 2.24) is 0 Å². The number of allylic oxidation sites excluding steroid dienone is 5. The summed E-state index contributed by atoms with van der Waals surface area (Å²) in [6.45, 7) is 13.0. The summed E-state index contributed by atoms with van der Waals surface area (Å²) in [5.74, 6) is 0.392. The van der Waals surface area contributed by atoms with Crippen molar-refractivity contribution in [3.63, 3.8) is 0 Å². The molecule has 3 aliphatic rings. The van der Waals surface area contributed by atoms with E-state index in [4.69, 9.17) is 9.31 Å². The molecular formula is C38H37BO2S6. The van der Waals surface area contributed by atoms with E-state index in [1.807, 2.05) is 56.7 Å². The summed E-state index contributed by atoms with van der Waals surface area (Å²) in [6, 6.07) is 22.7. The number of aryl methyl sites for hydroxylation is 2. The monoisotopic (exact) mass is 728 g/mol. The standard InChI is InChI=1S/C38H37BO2S6/c1-22-7-9-29(42-22)31-15-17-35(46-31)33-13-11-27(44-33)24-19-25(21-26(20-24)39-40-37(3,4)38(5,6)41-39)28-12-14-34(45-28)36-18-16-32(47-36)30-10-8-23(2)43-30/h7-11,13-20,25,28H,12,21H2,1-6H3. The third kappa shape index (κ3) is 6.32. The summed E-state index contributed by atoms with van der Waals surface area (Å²) < 4.78 is 13.3. The predicted octanol–water partition coefficient (Wildman–Crippen LogP) is 13.1. The van der Waals surface area contributed by atoms with Gasteiger partial charge in [-0.1, -0.05) is 18.2 Å². The first kappa shape index (κ1) is 32.3. The molecule has 9 heteroatoms. The highest BCUT2D eigenvalue weighted by atomic mass is 32.2. The second-order valence-electron chi connectivity index (χ2n) is 13.6. The van der Waals surface area contributed by atoms with Crippen LogP contribution in [0.2, 0.25) is 0 Å². The topological polar surface area (TPSA) is 18.5 Å². The Labute approximate surface area is 303 Å². The van der Waals surface area contributed by atoms with E-state index in [1.54, 1.807) is 0 Å². The SMILES string of the molecule is Cc1ccc(-c2ccc(C3=CCC(C4C=C(c5ccc(-c6ccc(-c7ccc(C)s7)s6)s5)C=C(B5OC(C)(C)C(C)(C)O5)C4)S3)s2)s1. The summed E-state index contributed by atoms with van der Waals surface area (Å²) in [4.78, 5) is 14.9. The lowest BCUT2D eigenvalue weighted by atomic mass is 9.69. The van der Waals surface area contributed by atoms with Crippen molar-refractivity contribution in [2.75, 3.05) is 0 Å². The van der Waals surface area contributed by atoms with E-state index < -0.39 is 0 Å². The molecule has 1 saturated heterocycles. The summed E-state index contributed by atoms with van der Waals surface area (Å²) >= 11 is 11.5. The van der Waals surface area contributed by atoms with E-state index in [0.29, 0.717) is 11.2 Å². The Bertz CT molecular complexity index is 2020. The molecule has 2 nitrogen and oxygen atoms in total. The third-order valence-electron chi connectivity index (χ3n) is 9.61. The normalized spacial score (nSPS) is 22.1. The van der Waals surface area contributed by atoms with E-state index in [-0.39, 0.29) is 18.3 Å². The van der Waals surface area contributed by atoms with E-state index in [0.717, 1.165) is 12.8 Å². The maximum absolute atomic E-state index is 6.63. The molecule has 2 aliphatic heterocycles. The smallest absolute Gasteiger partial charge is 0.400 e. The van der Waals surface area contributed by atoms with E-state index >= 15 is 0 Å². The molecule has 47 heavy (non-hydrogen) atoms. The Kier molecular flexibility index (Phi) is 8.53. The van der Waals surface area contributed by atoms with E-state index in [1.165, 1.54) is 64.7 Å². The van der Waals surface area contributed by atoms with Gasteiger partial charge in [0.1, 0.15) is 0 Å². The van der Waals surface area contributed by atoms with Gasteiger partial charge in [0.2, 0.25) is 0 Å². The minimum atomic E-state index is -0.363. The molecule has 8 rings (SSSR count). The Morgan fingerprint density at radius 3 is 1.64 bits per heavy atom. The van der Waals surface area contributed by atoms with Crippen LogP contribution in [-0.4, -0.2) is 23.6 Å². The number of thioether (sulfide) groups is 1. The molecule has 240 valence electrons. The first-order chi connectivity index (χ1) is 22.5. The van der Waals surface area contributed by atoms with Crippen molar-refractivity contribution in [3.05, 3.63) is 104 Å². The van der Waals surface area contributed by atoms with E-state index in [2.05, 4.69) is 132 Å². The van der Waals surface area contributed by atoms with Gasteiger partial charge in [-0.3, -0.25) is 0 Å². The number of hydrogen-bond acceptors (Lipinski definition) is 8. The molecular weight excluding hydrogens is 692 g/mol. The van der Waals surface area contributed by atoms with Crippen molar-refractivity contribution >= 4 is 86.0 Å². The molecule has 0 amide bonds. The van der Waals surface area contributed by atoms with Crippen LogP contribution < -0.4 is 0 Å². The Morgan fingerprint density at radius 2 is 1.09 bits per heavy atom. The maximum atomic E-state index is 6.63. The predicted molar refractivity (Wildman–Crippen MR) is 212 cm³/mol. The van der Waals surface area contributed by atoms with Crippen molar-refractivity contribution in [3.8, 4) is 29.3 Å². The van der Waals surface area contributed by atoms with Gasteiger partial charge < -0.3 is 9.31 Å². The molecule has 0 aromatic carbocycles. The molecule has 5 aromatic rings. The van der Waals surface area contributed by atoms with Crippen LogP contribution in [0.15, 0.2) is 84.4 Å². The minimum absolute atomic E-state index is 0.326. The lowest BCUT2D eigenvalue weighted by Gasteiger charge is -2.32. The van der Waals surface area contributed by atoms with Crippen LogP contribution in [-0.2, 0) is 9.31 Å². The van der Waals surface area contributed by atoms with Crippen molar-refractivity contribution < 1.29 is 9.31 Å². The van der Waals surface area contributed by atoms with Gasteiger partial charge in [-0.15, -0.1) is 68.4 Å². The van der Waals surface area contributed by atoms with Crippen molar-refractivity contribution in [2.45, 2.75) is 70.8 Å². The van der Waals surface area contributed by atoms with Gasteiger partial charge in [0.15, 0.2) is 0 Å². The van der Waals surface area contributed by atoms with Crippen LogP contribution in [0.1, 0.15) is 60.0 Å². The molecule has 0 saturated carbocycles. The minimum Gasteiger partial charge on any atom is -0.400 e. The highest BCUT2D eigenvalue weighted by molar-refractivity contribution is 8.09. The highest BCUT2D eigenvalue weighted by Crippen LogP contribution is 2.51. The Balaban J connectivity index is 1.06. The maximum Gasteiger partial charge on any atom is 0.490 e. The second kappa shape index (κ2) is 12.4. The summed E-state index contributed by atoms with van der Waals surface area (Å²) in [6.07, 6.45) is 9.41. The van der Waals surface area contributed by atoms with E-state index in [9.17, 15) is 0 Å². The first-order valence-corrected chi connectivity index (χ1v) is 21.1. The average Bonchev–Trinajstić information content (AvgIpc) is 3.86. The van der Waals surface area contributed by atoms with Gasteiger partial charge in [0.05, 0.1) is 11.2 Å². The fourth-order valence-electron chi connectivity index (χ4n) is 6.29. The zero-order chi connectivity index (χ0) is 32.5. The van der Waals surface area contributed by atoms with Gasteiger partial charge in [-0.05, 0) is 132 Å². The van der Waals surface area contributed by atoms with Gasteiger partial charge in [0.25, 0.3) is 0 Å². The summed E-state index contributed by atoms with van der Waals surface area (Å²) in [5, 5.41) is 0.481. The molecule has 2 atom stereocenters. The van der Waals surface area contributed by atoms with Crippen LogP contribution in [0.3, 0.4) is 0 Å². The lowest BCUT2D eigenvalue weighted by Crippen LogP contribution is -2.41. The zero-order valence-electron chi connectivity index (χ0n) is 27.4. The molecule has 1 aliphatic carbocycles. The molecule has 0 N–H and O–H groups in total. The molecule has 2 unspecified atom stereocenters. The molecule has 1 fully saturated rings. The van der Waals surface area contributed by atoms with Crippen LogP contribution in [0.5, 0.6) is 0 Å². The molecule has 0 radical (unpaired) electrons. The van der Waals surface area contributed by atoms with Crippen LogP contribution in [0.4, 0.5) is 0 Å². The Hall–Kier alpha value is -1.95. The number of hydrogen-bond donors (Lipinski definition) is 0.